The zero-order valence-electron chi connectivity index (χ0n) is 18.4. The first-order chi connectivity index (χ1) is 14.2. The number of nitrogens with two attached hydrogens (primary N) is 1. The number of likely N-dealkylation sites (N-methyl/N-ethyl adjacent to an activating group) is 1. The minimum absolute atomic E-state index is 0.0508. The van der Waals surface area contributed by atoms with Crippen molar-refractivity contribution in [1.29, 1.82) is 0 Å². The van der Waals surface area contributed by atoms with Gasteiger partial charge in [0.25, 0.3) is 0 Å². The first kappa shape index (κ1) is 23.6. The van der Waals surface area contributed by atoms with E-state index in [0.29, 0.717) is 38.6 Å². The van der Waals surface area contributed by atoms with Crippen LogP contribution < -0.4 is 16.4 Å². The molecule has 164 valence electrons. The van der Waals surface area contributed by atoms with Crippen LogP contribution in [0.2, 0.25) is 0 Å². The number of nitrogens with zero attached hydrogens (tertiary/aromatic N) is 3. The SMILES string of the molecule is CNC(C)Cc1ccc(/N=C(\C=C/NC=O)N2CCN(C(=O)C(C)(C)N)CC2)cc1. The highest BCUT2D eigenvalue weighted by atomic mass is 16.2. The van der Waals surface area contributed by atoms with Gasteiger partial charge in [0.15, 0.2) is 0 Å². The molecule has 1 aromatic carbocycles. The van der Waals surface area contributed by atoms with Gasteiger partial charge in [0.2, 0.25) is 12.3 Å². The molecular formula is C22H34N6O2. The van der Waals surface area contributed by atoms with Crippen LogP contribution in [0, 0.1) is 0 Å². The van der Waals surface area contributed by atoms with E-state index in [2.05, 4.69) is 34.6 Å². The summed E-state index contributed by atoms with van der Waals surface area (Å²) in [6.07, 6.45) is 4.90. The Morgan fingerprint density at radius 2 is 1.80 bits per heavy atom. The molecule has 1 aliphatic heterocycles. The molecule has 0 saturated carbocycles. The molecule has 2 amide bonds. The van der Waals surface area contributed by atoms with Gasteiger partial charge in [-0.1, -0.05) is 12.1 Å². The first-order valence-electron chi connectivity index (χ1n) is 10.3. The molecule has 0 aromatic heterocycles. The standard InChI is InChI=1S/C22H34N6O2/c1-17(24-4)15-18-5-7-19(8-6-18)26-20(9-10-25-16-29)27-11-13-28(14-12-27)21(30)22(2,3)23/h5-10,16-17,24H,11-15,23H2,1-4H3,(H,25,29)/b10-9-,26-20+. The number of benzene rings is 1. The summed E-state index contributed by atoms with van der Waals surface area (Å²) in [4.78, 5) is 31.7. The van der Waals surface area contributed by atoms with Crippen molar-refractivity contribution in [2.24, 2.45) is 10.7 Å². The summed E-state index contributed by atoms with van der Waals surface area (Å²) >= 11 is 0. The van der Waals surface area contributed by atoms with E-state index >= 15 is 0 Å². The molecule has 0 radical (unpaired) electrons. The molecule has 1 heterocycles. The van der Waals surface area contributed by atoms with Gasteiger partial charge >= 0.3 is 0 Å². The Hall–Kier alpha value is -2.71. The number of carbonyl (C=O) groups is 2. The number of amidine groups is 1. The molecule has 0 bridgehead atoms. The normalized spacial score (nSPS) is 16.6. The molecule has 8 heteroatoms. The summed E-state index contributed by atoms with van der Waals surface area (Å²) in [5, 5.41) is 5.77. The highest BCUT2D eigenvalue weighted by Gasteiger charge is 2.30. The van der Waals surface area contributed by atoms with E-state index in [9.17, 15) is 9.59 Å². The molecule has 1 saturated heterocycles. The van der Waals surface area contributed by atoms with Crippen LogP contribution >= 0.6 is 0 Å². The molecule has 30 heavy (non-hydrogen) atoms. The number of amides is 2. The second-order valence-corrected chi connectivity index (χ2v) is 8.15. The molecular weight excluding hydrogens is 380 g/mol. The number of aliphatic imine (C=N–C) groups is 1. The van der Waals surface area contributed by atoms with Crippen molar-refractivity contribution < 1.29 is 9.59 Å². The van der Waals surface area contributed by atoms with Gasteiger partial charge in [0, 0.05) is 38.4 Å². The third-order valence-electron chi connectivity index (χ3n) is 5.05. The van der Waals surface area contributed by atoms with Crippen LogP contribution in [0.4, 0.5) is 5.69 Å². The summed E-state index contributed by atoms with van der Waals surface area (Å²) in [5.74, 6) is 0.685. The van der Waals surface area contributed by atoms with E-state index in [1.165, 1.54) is 5.56 Å². The quantitative estimate of drug-likeness (QED) is 0.335. The van der Waals surface area contributed by atoms with Crippen molar-refractivity contribution in [3.63, 3.8) is 0 Å². The van der Waals surface area contributed by atoms with E-state index in [1.54, 1.807) is 31.0 Å². The number of hydrogen-bond acceptors (Lipinski definition) is 5. The molecule has 8 nitrogen and oxygen atoms in total. The Bertz CT molecular complexity index is 759. The molecule has 1 unspecified atom stereocenters. The summed E-state index contributed by atoms with van der Waals surface area (Å²) < 4.78 is 0. The number of piperazine rings is 1. The lowest BCUT2D eigenvalue weighted by Gasteiger charge is -2.38. The van der Waals surface area contributed by atoms with Gasteiger partial charge in [-0.2, -0.15) is 0 Å². The van der Waals surface area contributed by atoms with Crippen LogP contribution in [0.1, 0.15) is 26.3 Å². The highest BCUT2D eigenvalue weighted by Crippen LogP contribution is 2.17. The smallest absolute Gasteiger partial charge is 0.242 e. The lowest BCUT2D eigenvalue weighted by molar-refractivity contribution is -0.137. The number of carbonyl (C=O) groups excluding carboxylic acids is 2. The molecule has 4 N–H and O–H groups in total. The van der Waals surface area contributed by atoms with Crippen LogP contribution in [0.25, 0.3) is 0 Å². The van der Waals surface area contributed by atoms with Crippen LogP contribution in [0.5, 0.6) is 0 Å². The largest absolute Gasteiger partial charge is 0.353 e. The maximum atomic E-state index is 12.4. The third-order valence-corrected chi connectivity index (χ3v) is 5.05. The van der Waals surface area contributed by atoms with Gasteiger partial charge in [-0.25, -0.2) is 4.99 Å². The highest BCUT2D eigenvalue weighted by molar-refractivity contribution is 5.95. The van der Waals surface area contributed by atoms with Crippen LogP contribution in [0.15, 0.2) is 41.5 Å². The molecule has 1 fully saturated rings. The summed E-state index contributed by atoms with van der Waals surface area (Å²) in [5.41, 5.74) is 7.16. The maximum Gasteiger partial charge on any atom is 0.242 e. The molecule has 2 rings (SSSR count). The Balaban J connectivity index is 2.12. The van der Waals surface area contributed by atoms with Crippen LogP contribution in [-0.2, 0) is 16.0 Å². The maximum absolute atomic E-state index is 12.4. The van der Waals surface area contributed by atoms with Crippen molar-refractivity contribution in [3.8, 4) is 0 Å². The van der Waals surface area contributed by atoms with Crippen LogP contribution in [0.3, 0.4) is 0 Å². The summed E-state index contributed by atoms with van der Waals surface area (Å²) in [6.45, 7) is 8.04. The summed E-state index contributed by atoms with van der Waals surface area (Å²) in [7, 11) is 1.96. The fourth-order valence-electron chi connectivity index (χ4n) is 3.22. The Labute approximate surface area is 179 Å². The predicted octanol–water partition coefficient (Wildman–Crippen LogP) is 1.01. The molecule has 0 spiro atoms. The number of rotatable bonds is 8. The number of nitrogens with one attached hydrogen (secondary N) is 2. The van der Waals surface area contributed by atoms with Crippen molar-refractivity contribution in [2.75, 3.05) is 33.2 Å². The minimum atomic E-state index is -0.876. The Morgan fingerprint density at radius 1 is 1.20 bits per heavy atom. The van der Waals surface area contributed by atoms with E-state index in [-0.39, 0.29) is 5.91 Å². The van der Waals surface area contributed by atoms with Crippen molar-refractivity contribution in [3.05, 3.63) is 42.1 Å². The fourth-order valence-corrected chi connectivity index (χ4v) is 3.22. The lowest BCUT2D eigenvalue weighted by Crippen LogP contribution is -2.57. The average molecular weight is 415 g/mol. The zero-order valence-corrected chi connectivity index (χ0v) is 18.4. The fraction of sp³-hybridized carbons (Fsp3) is 0.500. The van der Waals surface area contributed by atoms with E-state index in [1.807, 2.05) is 19.2 Å². The van der Waals surface area contributed by atoms with Gasteiger partial charge in [-0.05, 0) is 58.0 Å². The number of hydrogen-bond donors (Lipinski definition) is 3. The van der Waals surface area contributed by atoms with Gasteiger partial charge in [-0.3, -0.25) is 9.59 Å². The van der Waals surface area contributed by atoms with Crippen molar-refractivity contribution in [1.82, 2.24) is 20.4 Å². The van der Waals surface area contributed by atoms with Gasteiger partial charge in [0.1, 0.15) is 5.84 Å². The third kappa shape index (κ3) is 6.96. The van der Waals surface area contributed by atoms with Gasteiger partial charge < -0.3 is 26.2 Å². The molecule has 1 aromatic rings. The molecule has 1 atom stereocenters. The van der Waals surface area contributed by atoms with Gasteiger partial charge in [-0.15, -0.1) is 0 Å². The Kier molecular flexibility index (Phi) is 8.56. The van der Waals surface area contributed by atoms with Gasteiger partial charge in [0.05, 0.1) is 11.2 Å². The van der Waals surface area contributed by atoms with Crippen LogP contribution in [-0.4, -0.2) is 72.8 Å². The first-order valence-corrected chi connectivity index (χ1v) is 10.3. The van der Waals surface area contributed by atoms with Crippen molar-refractivity contribution >= 4 is 23.8 Å². The molecule has 0 aliphatic carbocycles. The Morgan fingerprint density at radius 3 is 2.33 bits per heavy atom. The average Bonchev–Trinajstić information content (AvgIpc) is 2.73. The zero-order chi connectivity index (χ0) is 22.1. The monoisotopic (exact) mass is 414 g/mol. The van der Waals surface area contributed by atoms with E-state index in [4.69, 9.17) is 10.7 Å². The topological polar surface area (TPSA) is 103 Å². The summed E-state index contributed by atoms with van der Waals surface area (Å²) in [6, 6.07) is 8.56. The predicted molar refractivity (Wildman–Crippen MR) is 121 cm³/mol. The second kappa shape index (κ2) is 10.9. The molecule has 1 aliphatic rings. The van der Waals surface area contributed by atoms with E-state index < -0.39 is 5.54 Å². The van der Waals surface area contributed by atoms with Crippen molar-refractivity contribution in [2.45, 2.75) is 38.8 Å². The second-order valence-electron chi connectivity index (χ2n) is 8.15. The van der Waals surface area contributed by atoms with E-state index in [0.717, 1.165) is 17.9 Å². The minimum Gasteiger partial charge on any atom is -0.353 e. The lowest BCUT2D eigenvalue weighted by atomic mass is 10.0.